The Labute approximate surface area is 553 Å². The van der Waals surface area contributed by atoms with Gasteiger partial charge in [-0.3, -0.25) is 9.59 Å². The highest BCUT2D eigenvalue weighted by Gasteiger charge is 2.25. The minimum Gasteiger partial charge on any atom is -0.477 e. The molecule has 0 aromatic rings. The first-order valence-corrected chi connectivity index (χ1v) is 39.2. The lowest BCUT2D eigenvalue weighted by Gasteiger charge is -2.25. The summed E-state index contributed by atoms with van der Waals surface area (Å²) in [7, 11) is 6.00. The number of quaternary nitrogens is 1. The van der Waals surface area contributed by atoms with Crippen molar-refractivity contribution in [1.82, 2.24) is 0 Å². The number of carbonyl (C=O) groups excluding carboxylic acids is 2. The fraction of sp³-hybridized carbons (Fsp3) is 0.887. The quantitative estimate of drug-likeness (QED) is 0.0211. The highest BCUT2D eigenvalue weighted by molar-refractivity contribution is 5.71. The van der Waals surface area contributed by atoms with E-state index < -0.39 is 18.4 Å². The second-order valence-electron chi connectivity index (χ2n) is 28.0. The summed E-state index contributed by atoms with van der Waals surface area (Å²) in [5, 5.41) is 9.77. The largest absolute Gasteiger partial charge is 0.477 e. The van der Waals surface area contributed by atoms with Crippen LogP contribution in [0.3, 0.4) is 0 Å². The first kappa shape index (κ1) is 86.5. The van der Waals surface area contributed by atoms with E-state index in [-0.39, 0.29) is 38.2 Å². The van der Waals surface area contributed by atoms with Crippen LogP contribution < -0.4 is 0 Å². The van der Waals surface area contributed by atoms with Crippen LogP contribution in [0.4, 0.5) is 0 Å². The van der Waals surface area contributed by atoms with Crippen molar-refractivity contribution >= 4 is 17.9 Å². The van der Waals surface area contributed by atoms with Crippen LogP contribution in [0.1, 0.15) is 399 Å². The molecule has 9 nitrogen and oxygen atoms in total. The van der Waals surface area contributed by atoms with Gasteiger partial charge < -0.3 is 28.5 Å². The number of allylic oxidation sites excluding steroid dienone is 6. The molecule has 0 aliphatic rings. The van der Waals surface area contributed by atoms with Gasteiger partial charge in [-0.25, -0.2) is 4.79 Å². The molecule has 1 N–H and O–H groups in total. The van der Waals surface area contributed by atoms with E-state index in [2.05, 4.69) is 50.3 Å². The lowest BCUT2D eigenvalue weighted by atomic mass is 10.0. The number of hydrogen-bond acceptors (Lipinski definition) is 7. The summed E-state index contributed by atoms with van der Waals surface area (Å²) in [6.07, 6.45) is 88.7. The number of unbranched alkanes of at least 4 members (excludes halogenated alkanes) is 53. The molecule has 0 saturated heterocycles. The van der Waals surface area contributed by atoms with Crippen molar-refractivity contribution in [3.05, 3.63) is 36.5 Å². The molecule has 0 heterocycles. The van der Waals surface area contributed by atoms with Crippen molar-refractivity contribution in [2.75, 3.05) is 47.5 Å². The minimum atomic E-state index is -1.51. The molecule has 524 valence electrons. The number of carbonyl (C=O) groups is 3. The van der Waals surface area contributed by atoms with E-state index in [9.17, 15) is 19.5 Å². The standard InChI is InChI=1S/C80H151NO8/c1-6-8-10-12-14-16-18-20-22-24-26-28-30-32-34-36-38-39-41-42-44-46-48-50-52-54-56-58-60-62-64-66-68-70-77(82)87-74-76(75-88-80(79(84)85)86-73-72-81(3,4)5)89-78(83)71-69-67-65-63-61-59-57-55-53-51-49-47-45-43-40-37-35-33-31-29-27-25-23-21-19-17-15-13-11-9-7-2/h19,21,25,27,31,33,76,80H,6-18,20,22-24,26,28-30,32,34-75H2,1-5H3/p+1/b21-19-,27-25-,33-31-. The topological polar surface area (TPSA) is 108 Å². The number of ether oxygens (including phenoxy) is 4. The maximum atomic E-state index is 13.0. The molecular formula is C80H152NO8+. The van der Waals surface area contributed by atoms with Crippen LogP contribution >= 0.6 is 0 Å². The number of aliphatic carboxylic acids is 1. The van der Waals surface area contributed by atoms with E-state index in [1.807, 2.05) is 21.1 Å². The third kappa shape index (κ3) is 72.8. The number of carboxylic acids is 1. The SMILES string of the molecule is CCCCCCC/C=C\C/C=C\C/C=C\CCCCCCCCCCCCCCCCCCC(=O)OC(COC(=O)CCCCCCCCCCCCCCCCCCCCCCCCCCCCCCCCCCC)COC(OCC[N+](C)(C)C)C(=O)O. The number of hydrogen-bond donors (Lipinski definition) is 1. The van der Waals surface area contributed by atoms with Crippen LogP contribution in [0.25, 0.3) is 0 Å². The predicted octanol–water partition coefficient (Wildman–Crippen LogP) is 24.7. The Bertz CT molecular complexity index is 1550. The Morgan fingerprint density at radius 2 is 0.607 bits per heavy atom. The molecule has 0 aliphatic carbocycles. The van der Waals surface area contributed by atoms with Crippen molar-refractivity contribution in [2.45, 2.75) is 411 Å². The van der Waals surface area contributed by atoms with E-state index in [4.69, 9.17) is 18.9 Å². The van der Waals surface area contributed by atoms with Crippen LogP contribution in [0, 0.1) is 0 Å². The first-order chi connectivity index (χ1) is 43.6. The normalized spacial score (nSPS) is 12.8. The molecular weight excluding hydrogens is 1100 g/mol. The number of nitrogens with zero attached hydrogens (tertiary/aromatic N) is 1. The summed E-state index contributed by atoms with van der Waals surface area (Å²) < 4.78 is 23.1. The van der Waals surface area contributed by atoms with E-state index in [0.29, 0.717) is 17.4 Å². The zero-order valence-corrected chi connectivity index (χ0v) is 60.1. The molecule has 0 amide bonds. The highest BCUT2D eigenvalue weighted by Crippen LogP contribution is 2.20. The highest BCUT2D eigenvalue weighted by atomic mass is 16.7. The molecule has 2 unspecified atom stereocenters. The molecule has 0 bridgehead atoms. The maximum absolute atomic E-state index is 13.0. The van der Waals surface area contributed by atoms with Gasteiger partial charge in [-0.15, -0.1) is 0 Å². The Hall–Kier alpha value is -2.49. The Morgan fingerprint density at radius 3 is 0.899 bits per heavy atom. The van der Waals surface area contributed by atoms with Crippen molar-refractivity contribution in [2.24, 2.45) is 0 Å². The molecule has 0 spiro atoms. The van der Waals surface area contributed by atoms with Gasteiger partial charge in [0.1, 0.15) is 13.2 Å². The van der Waals surface area contributed by atoms with Gasteiger partial charge in [0.15, 0.2) is 6.10 Å². The lowest BCUT2D eigenvalue weighted by Crippen LogP contribution is -2.40. The Balaban J connectivity index is 3.99. The summed E-state index contributed by atoms with van der Waals surface area (Å²) in [6, 6.07) is 0. The zero-order valence-electron chi connectivity index (χ0n) is 60.1. The number of likely N-dealkylation sites (N-methyl/N-ethyl adjacent to an activating group) is 1. The third-order valence-electron chi connectivity index (χ3n) is 17.9. The second-order valence-corrected chi connectivity index (χ2v) is 28.0. The molecule has 0 aromatic carbocycles. The van der Waals surface area contributed by atoms with Gasteiger partial charge in [0.2, 0.25) is 0 Å². The van der Waals surface area contributed by atoms with Gasteiger partial charge in [-0.1, -0.05) is 371 Å². The van der Waals surface area contributed by atoms with Crippen LogP contribution in [0.2, 0.25) is 0 Å². The molecule has 0 rings (SSSR count). The molecule has 0 aliphatic heterocycles. The number of rotatable bonds is 74. The van der Waals surface area contributed by atoms with Crippen LogP contribution in [0.5, 0.6) is 0 Å². The van der Waals surface area contributed by atoms with Crippen molar-refractivity contribution in [1.29, 1.82) is 0 Å². The average molecular weight is 1260 g/mol. The van der Waals surface area contributed by atoms with Crippen LogP contribution in [-0.4, -0.2) is 87.4 Å². The van der Waals surface area contributed by atoms with E-state index >= 15 is 0 Å². The summed E-state index contributed by atoms with van der Waals surface area (Å²) in [5.41, 5.74) is 0. The van der Waals surface area contributed by atoms with Crippen molar-refractivity contribution in [3.63, 3.8) is 0 Å². The second kappa shape index (κ2) is 71.4. The first-order valence-electron chi connectivity index (χ1n) is 39.2. The molecule has 0 fully saturated rings. The average Bonchev–Trinajstić information content (AvgIpc) is 3.64. The molecule has 89 heavy (non-hydrogen) atoms. The predicted molar refractivity (Wildman–Crippen MR) is 383 cm³/mol. The lowest BCUT2D eigenvalue weighted by molar-refractivity contribution is -0.870. The van der Waals surface area contributed by atoms with Gasteiger partial charge in [0, 0.05) is 12.8 Å². The summed E-state index contributed by atoms with van der Waals surface area (Å²) >= 11 is 0. The monoisotopic (exact) mass is 1260 g/mol. The van der Waals surface area contributed by atoms with Crippen LogP contribution in [-0.2, 0) is 33.3 Å². The molecule has 0 saturated carbocycles. The van der Waals surface area contributed by atoms with Gasteiger partial charge >= 0.3 is 17.9 Å². The fourth-order valence-corrected chi connectivity index (χ4v) is 11.9. The summed E-state index contributed by atoms with van der Waals surface area (Å²) in [6.45, 7) is 4.94. The van der Waals surface area contributed by atoms with E-state index in [1.54, 1.807) is 0 Å². The van der Waals surface area contributed by atoms with Gasteiger partial charge in [-0.2, -0.15) is 0 Å². The van der Waals surface area contributed by atoms with Crippen molar-refractivity contribution in [3.8, 4) is 0 Å². The molecule has 0 radical (unpaired) electrons. The summed E-state index contributed by atoms with van der Waals surface area (Å²) in [4.78, 5) is 37.7. The molecule has 0 aromatic heterocycles. The zero-order chi connectivity index (χ0) is 64.7. The van der Waals surface area contributed by atoms with Crippen molar-refractivity contribution < 1.29 is 42.9 Å². The fourth-order valence-electron chi connectivity index (χ4n) is 11.9. The van der Waals surface area contributed by atoms with E-state index in [1.165, 1.54) is 321 Å². The van der Waals surface area contributed by atoms with Gasteiger partial charge in [0.25, 0.3) is 6.29 Å². The minimum absolute atomic E-state index is 0.176. The Kier molecular flexibility index (Phi) is 69.4. The van der Waals surface area contributed by atoms with Crippen LogP contribution in [0.15, 0.2) is 36.5 Å². The summed E-state index contributed by atoms with van der Waals surface area (Å²) in [5.74, 6) is -1.97. The molecule has 2 atom stereocenters. The van der Waals surface area contributed by atoms with E-state index in [0.717, 1.165) is 51.4 Å². The Morgan fingerprint density at radius 1 is 0.337 bits per heavy atom. The third-order valence-corrected chi connectivity index (χ3v) is 17.9. The maximum Gasteiger partial charge on any atom is 0.361 e. The van der Waals surface area contributed by atoms with Gasteiger partial charge in [0.05, 0.1) is 34.4 Å². The number of esters is 2. The molecule has 9 heteroatoms. The smallest absolute Gasteiger partial charge is 0.361 e. The van der Waals surface area contributed by atoms with Gasteiger partial charge in [-0.05, 0) is 51.4 Å². The number of carboxylic acid groups (broad SMARTS) is 1.